The monoisotopic (exact) mass is 375 g/mol. The van der Waals surface area contributed by atoms with Gasteiger partial charge in [0.15, 0.2) is 0 Å². The molecule has 7 heteroatoms. The average molecular weight is 375 g/mol. The molecule has 6 nitrogen and oxygen atoms in total. The maximum absolute atomic E-state index is 12.9. The largest absolute Gasteiger partial charge is 0.550 e. The van der Waals surface area contributed by atoms with Crippen molar-refractivity contribution in [3.8, 4) is 0 Å². The zero-order chi connectivity index (χ0) is 19.0. The van der Waals surface area contributed by atoms with E-state index >= 15 is 0 Å². The summed E-state index contributed by atoms with van der Waals surface area (Å²) in [4.78, 5) is 37.4. The number of anilines is 1. The Morgan fingerprint density at radius 3 is 2.31 bits per heavy atom. The summed E-state index contributed by atoms with van der Waals surface area (Å²) in [6, 6.07) is 0. The number of primary amides is 1. The van der Waals surface area contributed by atoms with Gasteiger partial charge in [-0.25, -0.2) is 0 Å². The minimum Gasteiger partial charge on any atom is -0.550 e. The SMILES string of the molecule is CC1=C(C)CC(C(=O)Nc2sc3c(c2C(N)=O)CCCC3)C(C(=O)[O-])C1. The van der Waals surface area contributed by atoms with Gasteiger partial charge in [-0.15, -0.1) is 11.3 Å². The second kappa shape index (κ2) is 7.23. The number of nitrogens with two attached hydrogens (primary N) is 1. The standard InChI is InChI=1S/C19H24N2O4S/c1-9-7-12(13(19(24)25)8-10(9)2)17(23)21-18-15(16(20)22)11-5-3-4-6-14(11)26-18/h12-13H,3-8H2,1-2H3,(H2,20,22)(H,21,23)(H,24,25)/p-1. The average Bonchev–Trinajstić information content (AvgIpc) is 2.94. The van der Waals surface area contributed by atoms with Gasteiger partial charge in [-0.2, -0.15) is 0 Å². The van der Waals surface area contributed by atoms with Crippen LogP contribution in [-0.2, 0) is 22.4 Å². The van der Waals surface area contributed by atoms with Crippen molar-refractivity contribution in [3.05, 3.63) is 27.2 Å². The molecule has 2 atom stereocenters. The van der Waals surface area contributed by atoms with E-state index in [1.54, 1.807) is 0 Å². The van der Waals surface area contributed by atoms with E-state index in [1.165, 1.54) is 11.3 Å². The highest BCUT2D eigenvalue weighted by atomic mass is 32.1. The molecule has 26 heavy (non-hydrogen) atoms. The minimum atomic E-state index is -1.21. The molecule has 0 radical (unpaired) electrons. The molecule has 0 saturated heterocycles. The predicted molar refractivity (Wildman–Crippen MR) is 97.7 cm³/mol. The third-order valence-corrected chi connectivity index (χ3v) is 6.77. The molecule has 1 aromatic heterocycles. The lowest BCUT2D eigenvalue weighted by molar-refractivity contribution is -0.313. The third kappa shape index (κ3) is 3.40. The van der Waals surface area contributed by atoms with Crippen molar-refractivity contribution in [3.63, 3.8) is 0 Å². The van der Waals surface area contributed by atoms with Gasteiger partial charge in [-0.05, 0) is 57.9 Å². The van der Waals surface area contributed by atoms with Crippen LogP contribution in [0.1, 0.15) is 60.3 Å². The highest BCUT2D eigenvalue weighted by Crippen LogP contribution is 2.39. The van der Waals surface area contributed by atoms with Gasteiger partial charge in [0, 0.05) is 16.8 Å². The second-order valence-electron chi connectivity index (χ2n) is 7.27. The maximum Gasteiger partial charge on any atom is 0.251 e. The molecule has 0 saturated carbocycles. The Morgan fingerprint density at radius 1 is 1.08 bits per heavy atom. The Balaban J connectivity index is 1.89. The molecule has 0 spiro atoms. The summed E-state index contributed by atoms with van der Waals surface area (Å²) in [6.07, 6.45) is 4.41. The maximum atomic E-state index is 12.9. The number of allylic oxidation sites excluding steroid dienone is 2. The number of aliphatic carboxylic acids is 1. The first kappa shape index (κ1) is 18.6. The van der Waals surface area contributed by atoms with Gasteiger partial charge in [-0.1, -0.05) is 11.1 Å². The fourth-order valence-electron chi connectivity index (χ4n) is 3.93. The summed E-state index contributed by atoms with van der Waals surface area (Å²) in [5, 5.41) is 14.8. The molecule has 1 aromatic rings. The molecule has 3 N–H and O–H groups in total. The van der Waals surface area contributed by atoms with E-state index in [1.807, 2.05) is 13.8 Å². The van der Waals surface area contributed by atoms with E-state index in [-0.39, 0.29) is 5.91 Å². The first-order valence-electron chi connectivity index (χ1n) is 8.90. The van der Waals surface area contributed by atoms with Crippen molar-refractivity contribution in [1.29, 1.82) is 0 Å². The van der Waals surface area contributed by atoms with Crippen LogP contribution < -0.4 is 16.2 Å². The summed E-state index contributed by atoms with van der Waals surface area (Å²) < 4.78 is 0. The Kier molecular flexibility index (Phi) is 5.18. The minimum absolute atomic E-state index is 0.315. The van der Waals surface area contributed by atoms with Crippen LogP contribution in [0.5, 0.6) is 0 Å². The number of hydrogen-bond acceptors (Lipinski definition) is 5. The normalized spacial score (nSPS) is 22.7. The number of carbonyl (C=O) groups is 3. The lowest BCUT2D eigenvalue weighted by atomic mass is 9.76. The number of aryl methyl sites for hydroxylation is 1. The van der Waals surface area contributed by atoms with E-state index in [0.29, 0.717) is 23.4 Å². The molecule has 3 rings (SSSR count). The topological polar surface area (TPSA) is 112 Å². The van der Waals surface area contributed by atoms with Crippen molar-refractivity contribution < 1.29 is 19.5 Å². The number of thiophene rings is 1. The molecule has 1 heterocycles. The number of fused-ring (bicyclic) bond motifs is 1. The number of hydrogen-bond donors (Lipinski definition) is 2. The molecule has 2 aliphatic rings. The van der Waals surface area contributed by atoms with Crippen LogP contribution >= 0.6 is 11.3 Å². The Morgan fingerprint density at radius 2 is 1.69 bits per heavy atom. The fourth-order valence-corrected chi connectivity index (χ4v) is 5.23. The highest BCUT2D eigenvalue weighted by Gasteiger charge is 2.35. The van der Waals surface area contributed by atoms with Gasteiger partial charge in [0.25, 0.3) is 5.91 Å². The molecule has 140 valence electrons. The zero-order valence-electron chi connectivity index (χ0n) is 15.0. The smallest absolute Gasteiger partial charge is 0.251 e. The van der Waals surface area contributed by atoms with Crippen LogP contribution in [0.25, 0.3) is 0 Å². The van der Waals surface area contributed by atoms with Crippen molar-refractivity contribution in [1.82, 2.24) is 0 Å². The molecule has 0 aromatic carbocycles. The van der Waals surface area contributed by atoms with Gasteiger partial charge in [0.1, 0.15) is 5.00 Å². The molecular weight excluding hydrogens is 352 g/mol. The number of nitrogens with one attached hydrogen (secondary N) is 1. The van der Waals surface area contributed by atoms with E-state index < -0.39 is 23.7 Å². The van der Waals surface area contributed by atoms with Gasteiger partial charge >= 0.3 is 0 Å². The van der Waals surface area contributed by atoms with Crippen LogP contribution in [0.4, 0.5) is 5.00 Å². The van der Waals surface area contributed by atoms with Crippen molar-refractivity contribution >= 4 is 34.1 Å². The summed E-state index contributed by atoms with van der Waals surface area (Å²) in [5.74, 6) is -3.70. The quantitative estimate of drug-likeness (QED) is 0.781. The van der Waals surface area contributed by atoms with E-state index in [9.17, 15) is 19.5 Å². The number of carboxylic acid groups (broad SMARTS) is 1. The molecule has 0 bridgehead atoms. The number of carboxylic acids is 1. The number of carbonyl (C=O) groups excluding carboxylic acids is 3. The van der Waals surface area contributed by atoms with E-state index in [2.05, 4.69) is 5.32 Å². The first-order valence-corrected chi connectivity index (χ1v) is 9.72. The fraction of sp³-hybridized carbons (Fsp3) is 0.526. The van der Waals surface area contributed by atoms with Crippen molar-refractivity contribution in [2.24, 2.45) is 17.6 Å². The molecule has 2 aliphatic carbocycles. The first-order chi connectivity index (χ1) is 12.3. The second-order valence-corrected chi connectivity index (χ2v) is 8.37. The zero-order valence-corrected chi connectivity index (χ0v) is 15.8. The summed E-state index contributed by atoms with van der Waals surface area (Å²) in [7, 11) is 0. The van der Waals surface area contributed by atoms with Crippen molar-refractivity contribution in [2.75, 3.05) is 5.32 Å². The Labute approximate surface area is 156 Å². The third-order valence-electron chi connectivity index (χ3n) is 5.56. The Bertz CT molecular complexity index is 809. The molecule has 2 amide bonds. The van der Waals surface area contributed by atoms with Crippen LogP contribution in [0, 0.1) is 11.8 Å². The van der Waals surface area contributed by atoms with Crippen LogP contribution in [0.15, 0.2) is 11.1 Å². The van der Waals surface area contributed by atoms with E-state index in [4.69, 9.17) is 5.73 Å². The van der Waals surface area contributed by atoms with Gasteiger partial charge < -0.3 is 21.0 Å². The molecule has 2 unspecified atom stereocenters. The molecule has 0 fully saturated rings. The number of amides is 2. The summed E-state index contributed by atoms with van der Waals surface area (Å²) in [5.41, 5.74) is 8.91. The van der Waals surface area contributed by atoms with E-state index in [0.717, 1.165) is 47.3 Å². The van der Waals surface area contributed by atoms with Gasteiger partial charge in [0.05, 0.1) is 11.5 Å². The van der Waals surface area contributed by atoms with Crippen molar-refractivity contribution in [2.45, 2.75) is 52.4 Å². The molecule has 0 aliphatic heterocycles. The van der Waals surface area contributed by atoms with Crippen LogP contribution in [0.2, 0.25) is 0 Å². The summed E-state index contributed by atoms with van der Waals surface area (Å²) in [6.45, 7) is 3.80. The Hall–Kier alpha value is -2.15. The predicted octanol–water partition coefficient (Wildman–Crippen LogP) is 1.78. The lowest BCUT2D eigenvalue weighted by Crippen LogP contribution is -2.42. The van der Waals surface area contributed by atoms with Gasteiger partial charge in [0.2, 0.25) is 5.91 Å². The van der Waals surface area contributed by atoms with Crippen LogP contribution in [-0.4, -0.2) is 17.8 Å². The summed E-state index contributed by atoms with van der Waals surface area (Å²) >= 11 is 1.39. The molecular formula is C19H23N2O4S-. The highest BCUT2D eigenvalue weighted by molar-refractivity contribution is 7.17. The van der Waals surface area contributed by atoms with Crippen LogP contribution in [0.3, 0.4) is 0 Å². The lowest BCUT2D eigenvalue weighted by Gasteiger charge is -2.32. The van der Waals surface area contributed by atoms with Gasteiger partial charge in [-0.3, -0.25) is 9.59 Å². The number of rotatable bonds is 4.